The van der Waals surface area contributed by atoms with E-state index in [0.29, 0.717) is 28.1 Å². The van der Waals surface area contributed by atoms with Crippen molar-refractivity contribution in [3.8, 4) is 17.2 Å². The maximum absolute atomic E-state index is 13.1. The highest BCUT2D eigenvalue weighted by atomic mass is 16.5. The minimum absolute atomic E-state index is 0.244. The number of nitrogen functional groups attached to an aromatic ring is 1. The predicted octanol–water partition coefficient (Wildman–Crippen LogP) is 2.00. The van der Waals surface area contributed by atoms with Crippen molar-refractivity contribution in [3.05, 3.63) is 52.3 Å². The summed E-state index contributed by atoms with van der Waals surface area (Å²) >= 11 is 0. The van der Waals surface area contributed by atoms with Crippen molar-refractivity contribution in [2.24, 2.45) is 5.84 Å². The van der Waals surface area contributed by atoms with E-state index in [4.69, 9.17) is 15.3 Å². The lowest BCUT2D eigenvalue weighted by Gasteiger charge is -2.15. The first-order chi connectivity index (χ1) is 11.6. The lowest BCUT2D eigenvalue weighted by molar-refractivity contribution is 0.355. The first-order valence-corrected chi connectivity index (χ1v) is 7.32. The summed E-state index contributed by atoms with van der Waals surface area (Å²) in [5, 5.41) is 0.412. The maximum atomic E-state index is 13.1. The molecule has 0 aliphatic carbocycles. The molecule has 0 saturated heterocycles. The van der Waals surface area contributed by atoms with Crippen LogP contribution in [0.4, 0.5) is 5.95 Å². The summed E-state index contributed by atoms with van der Waals surface area (Å²) in [5.74, 6) is 6.80. The Morgan fingerprint density at radius 3 is 2.42 bits per heavy atom. The third-order valence-electron chi connectivity index (χ3n) is 3.86. The van der Waals surface area contributed by atoms with Crippen molar-refractivity contribution < 1.29 is 9.47 Å². The Morgan fingerprint density at radius 1 is 1.12 bits per heavy atom. The molecule has 24 heavy (non-hydrogen) atoms. The second kappa shape index (κ2) is 6.21. The van der Waals surface area contributed by atoms with Gasteiger partial charge in [0.15, 0.2) is 11.5 Å². The Bertz CT molecular complexity index is 966. The van der Waals surface area contributed by atoms with Crippen LogP contribution in [0, 0.1) is 6.92 Å². The van der Waals surface area contributed by atoms with Gasteiger partial charge in [-0.3, -0.25) is 10.2 Å². The SMILES string of the molecule is COc1cc2nc(NN)n(-c3ccccc3C)c(=O)c2cc1OC. The van der Waals surface area contributed by atoms with Gasteiger partial charge in [0.1, 0.15) is 0 Å². The number of nitrogens with one attached hydrogen (secondary N) is 1. The number of aryl methyl sites for hydroxylation is 1. The van der Waals surface area contributed by atoms with E-state index in [0.717, 1.165) is 5.56 Å². The Labute approximate surface area is 138 Å². The number of hydrazine groups is 1. The zero-order valence-electron chi connectivity index (χ0n) is 13.7. The quantitative estimate of drug-likeness (QED) is 0.563. The zero-order valence-corrected chi connectivity index (χ0v) is 13.7. The monoisotopic (exact) mass is 326 g/mol. The minimum atomic E-state index is -0.247. The number of fused-ring (bicyclic) bond motifs is 1. The molecule has 3 rings (SSSR count). The molecule has 0 aliphatic heterocycles. The van der Waals surface area contributed by atoms with E-state index in [1.54, 1.807) is 12.1 Å². The molecular weight excluding hydrogens is 308 g/mol. The number of methoxy groups -OCH3 is 2. The van der Waals surface area contributed by atoms with Crippen LogP contribution < -0.4 is 26.3 Å². The Hall–Kier alpha value is -3.06. The third kappa shape index (κ3) is 2.44. The van der Waals surface area contributed by atoms with E-state index in [9.17, 15) is 4.79 Å². The number of rotatable bonds is 4. The highest BCUT2D eigenvalue weighted by molar-refractivity contribution is 5.83. The van der Waals surface area contributed by atoms with Crippen molar-refractivity contribution >= 4 is 16.9 Å². The fourth-order valence-corrected chi connectivity index (χ4v) is 2.65. The fraction of sp³-hybridized carbons (Fsp3) is 0.176. The van der Waals surface area contributed by atoms with Gasteiger partial charge in [0.2, 0.25) is 5.95 Å². The van der Waals surface area contributed by atoms with Gasteiger partial charge in [-0.1, -0.05) is 18.2 Å². The number of para-hydroxylation sites is 1. The molecule has 0 fully saturated rings. The number of benzene rings is 2. The molecule has 0 amide bonds. The van der Waals surface area contributed by atoms with Gasteiger partial charge in [0, 0.05) is 6.07 Å². The van der Waals surface area contributed by atoms with Crippen LogP contribution in [0.15, 0.2) is 41.2 Å². The van der Waals surface area contributed by atoms with Gasteiger partial charge >= 0.3 is 0 Å². The van der Waals surface area contributed by atoms with Crippen molar-refractivity contribution in [2.45, 2.75) is 6.92 Å². The first kappa shape index (κ1) is 15.8. The average Bonchev–Trinajstić information content (AvgIpc) is 2.61. The number of ether oxygens (including phenoxy) is 2. The Balaban J connectivity index is 2.41. The number of nitrogens with two attached hydrogens (primary N) is 1. The topological polar surface area (TPSA) is 91.4 Å². The van der Waals surface area contributed by atoms with Gasteiger partial charge in [-0.05, 0) is 24.6 Å². The number of anilines is 1. The molecular formula is C17H18N4O3. The lowest BCUT2D eigenvalue weighted by Crippen LogP contribution is -2.26. The predicted molar refractivity (Wildman–Crippen MR) is 93.0 cm³/mol. The number of hydrogen-bond donors (Lipinski definition) is 2. The van der Waals surface area contributed by atoms with Gasteiger partial charge in [-0.15, -0.1) is 0 Å². The van der Waals surface area contributed by atoms with Crippen molar-refractivity contribution in [3.63, 3.8) is 0 Å². The largest absolute Gasteiger partial charge is 0.493 e. The number of nitrogens with zero attached hydrogens (tertiary/aromatic N) is 2. The average molecular weight is 326 g/mol. The van der Waals surface area contributed by atoms with Gasteiger partial charge < -0.3 is 9.47 Å². The molecule has 0 aliphatic rings. The van der Waals surface area contributed by atoms with Gasteiger partial charge in [-0.25, -0.2) is 15.4 Å². The van der Waals surface area contributed by atoms with Crippen LogP contribution >= 0.6 is 0 Å². The third-order valence-corrected chi connectivity index (χ3v) is 3.86. The second-order valence-electron chi connectivity index (χ2n) is 5.23. The fourth-order valence-electron chi connectivity index (χ4n) is 2.65. The van der Waals surface area contributed by atoms with E-state index < -0.39 is 0 Å². The molecule has 7 heteroatoms. The smallest absolute Gasteiger partial charge is 0.267 e. The van der Waals surface area contributed by atoms with Crippen LogP contribution in [0.3, 0.4) is 0 Å². The molecule has 7 nitrogen and oxygen atoms in total. The molecule has 3 N–H and O–H groups in total. The standard InChI is InChI=1S/C17H18N4O3/c1-10-6-4-5-7-13(10)21-16(22)11-8-14(23-2)15(24-3)9-12(11)19-17(21)20-18/h4-9H,18H2,1-3H3,(H,19,20). The summed E-state index contributed by atoms with van der Waals surface area (Å²) in [5.41, 5.74) is 4.36. The molecule has 0 spiro atoms. The van der Waals surface area contributed by atoms with Gasteiger partial charge in [-0.2, -0.15) is 0 Å². The summed E-state index contributed by atoms with van der Waals surface area (Å²) in [6.07, 6.45) is 0. The van der Waals surface area contributed by atoms with E-state index >= 15 is 0 Å². The van der Waals surface area contributed by atoms with Gasteiger partial charge in [0.05, 0.1) is 30.8 Å². The molecule has 0 saturated carbocycles. The Kier molecular flexibility index (Phi) is 4.09. The molecule has 0 atom stereocenters. The molecule has 124 valence electrons. The molecule has 1 heterocycles. The highest BCUT2D eigenvalue weighted by Gasteiger charge is 2.16. The summed E-state index contributed by atoms with van der Waals surface area (Å²) in [7, 11) is 3.05. The molecule has 1 aromatic heterocycles. The number of hydrogen-bond acceptors (Lipinski definition) is 6. The van der Waals surface area contributed by atoms with Crippen LogP contribution in [0.5, 0.6) is 11.5 Å². The van der Waals surface area contributed by atoms with Crippen molar-refractivity contribution in [1.29, 1.82) is 0 Å². The molecule has 0 bridgehead atoms. The Morgan fingerprint density at radius 2 is 1.79 bits per heavy atom. The van der Waals surface area contributed by atoms with Crippen molar-refractivity contribution in [1.82, 2.24) is 9.55 Å². The van der Waals surface area contributed by atoms with Crippen LogP contribution in [-0.2, 0) is 0 Å². The van der Waals surface area contributed by atoms with E-state index in [-0.39, 0.29) is 11.5 Å². The maximum Gasteiger partial charge on any atom is 0.267 e. The number of aromatic nitrogens is 2. The first-order valence-electron chi connectivity index (χ1n) is 7.32. The summed E-state index contributed by atoms with van der Waals surface area (Å²) in [6, 6.07) is 10.8. The second-order valence-corrected chi connectivity index (χ2v) is 5.23. The molecule has 2 aromatic carbocycles. The normalized spacial score (nSPS) is 10.7. The van der Waals surface area contributed by atoms with Crippen LogP contribution in [0.25, 0.3) is 16.6 Å². The summed E-state index contributed by atoms with van der Waals surface area (Å²) < 4.78 is 12.0. The van der Waals surface area contributed by atoms with Crippen LogP contribution in [-0.4, -0.2) is 23.8 Å². The summed E-state index contributed by atoms with van der Waals surface area (Å²) in [6.45, 7) is 1.92. The molecule has 0 unspecified atom stereocenters. The lowest BCUT2D eigenvalue weighted by atomic mass is 10.2. The van der Waals surface area contributed by atoms with E-state index in [1.807, 2.05) is 31.2 Å². The minimum Gasteiger partial charge on any atom is -0.493 e. The molecule has 3 aromatic rings. The van der Waals surface area contributed by atoms with Crippen molar-refractivity contribution in [2.75, 3.05) is 19.6 Å². The van der Waals surface area contributed by atoms with Crippen LogP contribution in [0.2, 0.25) is 0 Å². The van der Waals surface area contributed by atoms with E-state index in [1.165, 1.54) is 18.8 Å². The summed E-state index contributed by atoms with van der Waals surface area (Å²) in [4.78, 5) is 17.5. The zero-order chi connectivity index (χ0) is 17.3. The van der Waals surface area contributed by atoms with Crippen LogP contribution in [0.1, 0.15) is 5.56 Å². The highest BCUT2D eigenvalue weighted by Crippen LogP contribution is 2.31. The van der Waals surface area contributed by atoms with Gasteiger partial charge in [0.25, 0.3) is 5.56 Å². The molecule has 0 radical (unpaired) electrons. The van der Waals surface area contributed by atoms with E-state index in [2.05, 4.69) is 10.4 Å².